The van der Waals surface area contributed by atoms with Crippen molar-refractivity contribution < 1.29 is 4.79 Å². The summed E-state index contributed by atoms with van der Waals surface area (Å²) >= 11 is 0. The van der Waals surface area contributed by atoms with Gasteiger partial charge in [0.15, 0.2) is 0 Å². The van der Waals surface area contributed by atoms with Gasteiger partial charge in [-0.1, -0.05) is 31.4 Å². The van der Waals surface area contributed by atoms with Crippen molar-refractivity contribution in [3.63, 3.8) is 0 Å². The first-order chi connectivity index (χ1) is 9.75. The van der Waals surface area contributed by atoms with Gasteiger partial charge in [0.1, 0.15) is 0 Å². The number of rotatable bonds is 7. The van der Waals surface area contributed by atoms with E-state index in [0.29, 0.717) is 12.3 Å². The van der Waals surface area contributed by atoms with Crippen molar-refractivity contribution in [2.24, 2.45) is 5.92 Å². The zero-order valence-electron chi connectivity index (χ0n) is 12.9. The van der Waals surface area contributed by atoms with Gasteiger partial charge in [0, 0.05) is 19.0 Å². The molecule has 2 aliphatic rings. The number of carbonyl (C=O) groups excluding carboxylic acids is 1. The van der Waals surface area contributed by atoms with E-state index in [0.717, 1.165) is 38.4 Å². The Bertz CT molecular complexity index is 321. The highest BCUT2D eigenvalue weighted by Crippen LogP contribution is 2.21. The van der Waals surface area contributed by atoms with Gasteiger partial charge in [0.2, 0.25) is 5.91 Å². The Morgan fingerprint density at radius 3 is 2.75 bits per heavy atom. The second-order valence-electron chi connectivity index (χ2n) is 6.45. The van der Waals surface area contributed by atoms with Gasteiger partial charge in [0.25, 0.3) is 0 Å². The van der Waals surface area contributed by atoms with Crippen LogP contribution in [0.25, 0.3) is 0 Å². The lowest BCUT2D eigenvalue weighted by Gasteiger charge is -2.31. The topological polar surface area (TPSA) is 32.3 Å². The van der Waals surface area contributed by atoms with Crippen LogP contribution in [-0.4, -0.2) is 37.0 Å². The predicted octanol–water partition coefficient (Wildman–Crippen LogP) is 3.11. The third-order valence-electron chi connectivity index (χ3n) is 4.77. The maximum Gasteiger partial charge on any atom is 0.220 e. The second-order valence-corrected chi connectivity index (χ2v) is 6.45. The molecule has 2 rings (SSSR count). The molecule has 1 fully saturated rings. The summed E-state index contributed by atoms with van der Waals surface area (Å²) in [6, 6.07) is 0.781. The highest BCUT2D eigenvalue weighted by Gasteiger charge is 2.17. The number of carbonyl (C=O) groups is 1. The molecule has 1 atom stereocenters. The van der Waals surface area contributed by atoms with Crippen LogP contribution in [0.2, 0.25) is 0 Å². The average Bonchev–Trinajstić information content (AvgIpc) is 2.97. The number of nitrogens with one attached hydrogen (secondary N) is 1. The van der Waals surface area contributed by atoms with Crippen molar-refractivity contribution in [2.45, 2.75) is 63.8 Å². The van der Waals surface area contributed by atoms with Crippen LogP contribution < -0.4 is 5.32 Å². The summed E-state index contributed by atoms with van der Waals surface area (Å²) in [5, 5.41) is 3.07. The lowest BCUT2D eigenvalue weighted by molar-refractivity contribution is -0.121. The van der Waals surface area contributed by atoms with Crippen LogP contribution >= 0.6 is 0 Å². The molecule has 20 heavy (non-hydrogen) atoms. The molecule has 114 valence electrons. The van der Waals surface area contributed by atoms with Crippen LogP contribution in [0.4, 0.5) is 0 Å². The van der Waals surface area contributed by atoms with Crippen molar-refractivity contribution in [3.8, 4) is 0 Å². The van der Waals surface area contributed by atoms with Crippen molar-refractivity contribution in [1.29, 1.82) is 0 Å². The zero-order valence-corrected chi connectivity index (χ0v) is 12.9. The Labute approximate surface area is 123 Å². The summed E-state index contributed by atoms with van der Waals surface area (Å²) in [6.07, 6.45) is 15.3. The standard InChI is InChI=1S/C17H30N2O/c1-19(16-10-3-2-4-11-16)13-7-12-18-17(20)14-15-8-5-6-9-15/h5,8,15-16H,2-4,6-7,9-14H2,1H3,(H,18,20). The fraction of sp³-hybridized carbons (Fsp3) is 0.824. The average molecular weight is 278 g/mol. The molecule has 3 heteroatoms. The summed E-state index contributed by atoms with van der Waals surface area (Å²) in [5.74, 6) is 0.710. The molecule has 1 saturated carbocycles. The molecule has 2 aliphatic carbocycles. The summed E-state index contributed by atoms with van der Waals surface area (Å²) in [7, 11) is 2.24. The molecular weight excluding hydrogens is 248 g/mol. The molecule has 0 spiro atoms. The van der Waals surface area contributed by atoms with Gasteiger partial charge >= 0.3 is 0 Å². The molecule has 1 amide bonds. The van der Waals surface area contributed by atoms with Crippen molar-refractivity contribution in [3.05, 3.63) is 12.2 Å². The molecule has 0 bridgehead atoms. The first-order valence-electron chi connectivity index (χ1n) is 8.39. The van der Waals surface area contributed by atoms with E-state index in [1.165, 1.54) is 32.1 Å². The summed E-state index contributed by atoms with van der Waals surface area (Å²) in [6.45, 7) is 1.93. The normalized spacial score (nSPS) is 23.4. The van der Waals surface area contributed by atoms with E-state index in [1.807, 2.05) is 0 Å². The molecule has 0 aromatic heterocycles. The molecule has 0 aromatic carbocycles. The van der Waals surface area contributed by atoms with Crippen molar-refractivity contribution >= 4 is 5.91 Å². The molecular formula is C17H30N2O. The van der Waals surface area contributed by atoms with Crippen LogP contribution in [0.15, 0.2) is 12.2 Å². The summed E-state index contributed by atoms with van der Waals surface area (Å²) < 4.78 is 0. The highest BCUT2D eigenvalue weighted by atomic mass is 16.1. The van der Waals surface area contributed by atoms with Gasteiger partial charge in [0.05, 0.1) is 0 Å². The maximum atomic E-state index is 11.8. The minimum Gasteiger partial charge on any atom is -0.356 e. The van der Waals surface area contributed by atoms with Gasteiger partial charge in [-0.3, -0.25) is 4.79 Å². The minimum absolute atomic E-state index is 0.224. The molecule has 1 unspecified atom stereocenters. The van der Waals surface area contributed by atoms with E-state index in [9.17, 15) is 4.79 Å². The molecule has 3 nitrogen and oxygen atoms in total. The fourth-order valence-corrected chi connectivity index (χ4v) is 3.44. The molecule has 0 radical (unpaired) electrons. The molecule has 1 N–H and O–H groups in total. The smallest absolute Gasteiger partial charge is 0.220 e. The Morgan fingerprint density at radius 2 is 2.05 bits per heavy atom. The third kappa shape index (κ3) is 5.28. The number of allylic oxidation sites excluding steroid dienone is 2. The van der Waals surface area contributed by atoms with E-state index in [2.05, 4.69) is 29.4 Å². The van der Waals surface area contributed by atoms with E-state index >= 15 is 0 Å². The predicted molar refractivity (Wildman–Crippen MR) is 83.6 cm³/mol. The van der Waals surface area contributed by atoms with Gasteiger partial charge < -0.3 is 10.2 Å². The summed E-state index contributed by atoms with van der Waals surface area (Å²) in [4.78, 5) is 14.3. The lowest BCUT2D eigenvalue weighted by Crippen LogP contribution is -2.36. The Morgan fingerprint density at radius 1 is 1.25 bits per heavy atom. The monoisotopic (exact) mass is 278 g/mol. The van der Waals surface area contributed by atoms with Crippen LogP contribution in [0.3, 0.4) is 0 Å². The third-order valence-corrected chi connectivity index (χ3v) is 4.77. The van der Waals surface area contributed by atoms with Crippen LogP contribution in [0.5, 0.6) is 0 Å². The van der Waals surface area contributed by atoms with Gasteiger partial charge in [-0.15, -0.1) is 0 Å². The first-order valence-corrected chi connectivity index (χ1v) is 8.39. The van der Waals surface area contributed by atoms with E-state index < -0.39 is 0 Å². The van der Waals surface area contributed by atoms with Crippen molar-refractivity contribution in [2.75, 3.05) is 20.1 Å². The number of hydrogen-bond donors (Lipinski definition) is 1. The lowest BCUT2D eigenvalue weighted by atomic mass is 9.94. The molecule has 0 aliphatic heterocycles. The van der Waals surface area contributed by atoms with Crippen LogP contribution in [-0.2, 0) is 4.79 Å². The Balaban J connectivity index is 1.51. The SMILES string of the molecule is CN(CCCNC(=O)CC1C=CCC1)C1CCCCC1. The van der Waals surface area contributed by atoms with Gasteiger partial charge in [-0.2, -0.15) is 0 Å². The fourth-order valence-electron chi connectivity index (χ4n) is 3.44. The number of nitrogens with zero attached hydrogens (tertiary/aromatic N) is 1. The maximum absolute atomic E-state index is 11.8. The van der Waals surface area contributed by atoms with Crippen LogP contribution in [0, 0.1) is 5.92 Å². The number of amides is 1. The minimum atomic E-state index is 0.224. The number of hydrogen-bond acceptors (Lipinski definition) is 2. The zero-order chi connectivity index (χ0) is 14.2. The van der Waals surface area contributed by atoms with Crippen molar-refractivity contribution in [1.82, 2.24) is 10.2 Å². The molecule has 0 aromatic rings. The van der Waals surface area contributed by atoms with Crippen LogP contribution in [0.1, 0.15) is 57.8 Å². The molecule has 0 heterocycles. The Kier molecular flexibility index (Phi) is 6.58. The Hall–Kier alpha value is -0.830. The second kappa shape index (κ2) is 8.46. The highest BCUT2D eigenvalue weighted by molar-refractivity contribution is 5.76. The first kappa shape index (κ1) is 15.6. The van der Waals surface area contributed by atoms with E-state index in [-0.39, 0.29) is 5.91 Å². The summed E-state index contributed by atoms with van der Waals surface area (Å²) in [5.41, 5.74) is 0. The van der Waals surface area contributed by atoms with Gasteiger partial charge in [-0.05, 0) is 51.6 Å². The van der Waals surface area contributed by atoms with E-state index in [1.54, 1.807) is 0 Å². The quantitative estimate of drug-likeness (QED) is 0.573. The largest absolute Gasteiger partial charge is 0.356 e. The van der Waals surface area contributed by atoms with E-state index in [4.69, 9.17) is 0 Å². The van der Waals surface area contributed by atoms with Gasteiger partial charge in [-0.25, -0.2) is 0 Å². The molecule has 0 saturated heterocycles.